The number of nitrogens with one attached hydrogen (secondary N) is 1. The molecule has 3 N–H and O–H groups in total. The fourth-order valence-corrected chi connectivity index (χ4v) is 2.73. The van der Waals surface area contributed by atoms with Gasteiger partial charge in [0.15, 0.2) is 0 Å². The highest BCUT2D eigenvalue weighted by Crippen LogP contribution is 2.36. The summed E-state index contributed by atoms with van der Waals surface area (Å²) in [5.74, 6) is 5.71. The predicted molar refractivity (Wildman–Crippen MR) is 81.8 cm³/mol. The van der Waals surface area contributed by atoms with Crippen LogP contribution < -0.4 is 11.3 Å². The van der Waals surface area contributed by atoms with Gasteiger partial charge in [-0.3, -0.25) is 5.84 Å². The fraction of sp³-hybridized carbons (Fsp3) is 0.0667. The van der Waals surface area contributed by atoms with Gasteiger partial charge in [-0.25, -0.2) is 5.43 Å². The van der Waals surface area contributed by atoms with Crippen molar-refractivity contribution < 1.29 is 4.42 Å². The Balaban J connectivity index is 2.17. The van der Waals surface area contributed by atoms with Gasteiger partial charge in [0.2, 0.25) is 0 Å². The van der Waals surface area contributed by atoms with E-state index in [2.05, 4.69) is 5.43 Å². The lowest BCUT2D eigenvalue weighted by Gasteiger charge is -2.17. The lowest BCUT2D eigenvalue weighted by Crippen LogP contribution is -2.28. The number of hydrogen-bond donors (Lipinski definition) is 2. The number of para-hydroxylation sites is 1. The van der Waals surface area contributed by atoms with Crippen LogP contribution in [-0.2, 0) is 0 Å². The maximum atomic E-state index is 6.28. The van der Waals surface area contributed by atoms with Crippen LogP contribution in [0.1, 0.15) is 17.2 Å². The third-order valence-electron chi connectivity index (χ3n) is 3.28. The molecule has 0 aliphatic heterocycles. The minimum absolute atomic E-state index is 0.287. The molecule has 0 aliphatic rings. The molecule has 0 spiro atoms. The highest BCUT2D eigenvalue weighted by Gasteiger charge is 2.21. The highest BCUT2D eigenvalue weighted by atomic mass is 35.5. The van der Waals surface area contributed by atoms with Gasteiger partial charge in [-0.15, -0.1) is 0 Å². The molecule has 1 heterocycles. The summed E-state index contributed by atoms with van der Waals surface area (Å²) in [6.45, 7) is 0. The minimum atomic E-state index is -0.287. The van der Waals surface area contributed by atoms with Crippen LogP contribution in [0.15, 0.2) is 53.1 Å². The Morgan fingerprint density at radius 1 is 1.00 bits per heavy atom. The molecule has 0 saturated heterocycles. The van der Waals surface area contributed by atoms with E-state index in [9.17, 15) is 0 Å². The Labute approximate surface area is 126 Å². The van der Waals surface area contributed by atoms with E-state index in [1.165, 1.54) is 0 Å². The number of furan rings is 1. The van der Waals surface area contributed by atoms with Crippen LogP contribution in [0.4, 0.5) is 0 Å². The molecule has 3 aromatic rings. The normalized spacial score (nSPS) is 12.8. The van der Waals surface area contributed by atoms with Crippen LogP contribution in [0.3, 0.4) is 0 Å². The molecule has 2 aromatic carbocycles. The van der Waals surface area contributed by atoms with Crippen LogP contribution in [0.2, 0.25) is 10.0 Å². The minimum Gasteiger partial charge on any atom is -0.464 e. The van der Waals surface area contributed by atoms with Gasteiger partial charge in [-0.1, -0.05) is 53.5 Å². The number of hydrazine groups is 1. The van der Waals surface area contributed by atoms with E-state index in [4.69, 9.17) is 33.5 Å². The van der Waals surface area contributed by atoms with Gasteiger partial charge in [-0.2, -0.15) is 0 Å². The van der Waals surface area contributed by atoms with Crippen LogP contribution in [-0.4, -0.2) is 0 Å². The molecule has 0 saturated carbocycles. The first-order valence-electron chi connectivity index (χ1n) is 6.08. The van der Waals surface area contributed by atoms with Crippen molar-refractivity contribution >= 4 is 34.2 Å². The maximum absolute atomic E-state index is 6.28. The zero-order valence-electron chi connectivity index (χ0n) is 10.4. The molecule has 1 atom stereocenters. The Morgan fingerprint density at radius 2 is 1.80 bits per heavy atom. The third kappa shape index (κ3) is 2.19. The van der Waals surface area contributed by atoms with E-state index in [1.54, 1.807) is 12.3 Å². The van der Waals surface area contributed by atoms with Crippen LogP contribution >= 0.6 is 23.2 Å². The van der Waals surface area contributed by atoms with Crippen molar-refractivity contribution in [3.05, 3.63) is 69.9 Å². The first kappa shape index (κ1) is 13.5. The van der Waals surface area contributed by atoms with Crippen LogP contribution in [0.5, 0.6) is 0 Å². The van der Waals surface area contributed by atoms with Gasteiger partial charge >= 0.3 is 0 Å². The van der Waals surface area contributed by atoms with E-state index in [0.717, 1.165) is 22.1 Å². The summed E-state index contributed by atoms with van der Waals surface area (Å²) in [6, 6.07) is 13.0. The molecule has 5 heteroatoms. The standard InChI is InChI=1S/C15H12Cl2N2O/c16-12-6-3-5-10(14(12)17)15(19-18)11-8-20-13-7-2-1-4-9(11)13/h1-8,15,19H,18H2. The summed E-state index contributed by atoms with van der Waals surface area (Å²) >= 11 is 12.3. The first-order valence-corrected chi connectivity index (χ1v) is 6.84. The summed E-state index contributed by atoms with van der Waals surface area (Å²) in [4.78, 5) is 0. The number of benzene rings is 2. The average Bonchev–Trinajstić information content (AvgIpc) is 2.88. The van der Waals surface area contributed by atoms with Gasteiger partial charge < -0.3 is 4.42 Å². The molecule has 0 bridgehead atoms. The Morgan fingerprint density at radius 3 is 2.60 bits per heavy atom. The summed E-state index contributed by atoms with van der Waals surface area (Å²) in [5, 5.41) is 1.98. The second-order valence-corrected chi connectivity index (χ2v) is 5.22. The Bertz CT molecular complexity index is 754. The third-order valence-corrected chi connectivity index (χ3v) is 4.11. The molecule has 0 amide bonds. The molecule has 3 rings (SSSR count). The molecule has 0 radical (unpaired) electrons. The monoisotopic (exact) mass is 306 g/mol. The number of fused-ring (bicyclic) bond motifs is 1. The summed E-state index contributed by atoms with van der Waals surface area (Å²) in [6.07, 6.45) is 1.69. The molecule has 1 unspecified atom stereocenters. The lowest BCUT2D eigenvalue weighted by molar-refractivity contribution is 0.586. The summed E-state index contributed by atoms with van der Waals surface area (Å²) < 4.78 is 5.55. The smallest absolute Gasteiger partial charge is 0.134 e. The van der Waals surface area contributed by atoms with Crippen molar-refractivity contribution in [1.82, 2.24) is 5.43 Å². The van der Waals surface area contributed by atoms with E-state index < -0.39 is 0 Å². The van der Waals surface area contributed by atoms with E-state index in [1.807, 2.05) is 36.4 Å². The number of hydrogen-bond acceptors (Lipinski definition) is 3. The zero-order chi connectivity index (χ0) is 14.1. The number of nitrogens with two attached hydrogens (primary N) is 1. The first-order chi connectivity index (χ1) is 9.72. The fourth-order valence-electron chi connectivity index (χ4n) is 2.31. The number of rotatable bonds is 3. The Kier molecular flexibility index (Phi) is 3.68. The van der Waals surface area contributed by atoms with Crippen molar-refractivity contribution in [2.75, 3.05) is 0 Å². The quantitative estimate of drug-likeness (QED) is 0.560. The van der Waals surface area contributed by atoms with Crippen molar-refractivity contribution in [2.24, 2.45) is 5.84 Å². The summed E-state index contributed by atoms with van der Waals surface area (Å²) in [5.41, 5.74) is 5.32. The molecule has 1 aromatic heterocycles. The van der Waals surface area contributed by atoms with Crippen molar-refractivity contribution in [2.45, 2.75) is 6.04 Å². The molecule has 0 fully saturated rings. The molecular weight excluding hydrogens is 295 g/mol. The van der Waals surface area contributed by atoms with Crippen molar-refractivity contribution in [3.63, 3.8) is 0 Å². The van der Waals surface area contributed by atoms with Gasteiger partial charge in [0.05, 0.1) is 22.4 Å². The molecular formula is C15H12Cl2N2O. The van der Waals surface area contributed by atoms with Gasteiger partial charge in [-0.05, 0) is 17.7 Å². The van der Waals surface area contributed by atoms with Gasteiger partial charge in [0.1, 0.15) is 5.58 Å². The number of halogens is 2. The molecule has 102 valence electrons. The average molecular weight is 307 g/mol. The van der Waals surface area contributed by atoms with Crippen LogP contribution in [0, 0.1) is 0 Å². The predicted octanol–water partition coefficient (Wildman–Crippen LogP) is 4.29. The second-order valence-electron chi connectivity index (χ2n) is 4.43. The van der Waals surface area contributed by atoms with Crippen molar-refractivity contribution in [3.8, 4) is 0 Å². The van der Waals surface area contributed by atoms with Gasteiger partial charge in [0, 0.05) is 10.9 Å². The lowest BCUT2D eigenvalue weighted by atomic mass is 9.99. The largest absolute Gasteiger partial charge is 0.464 e. The second kappa shape index (κ2) is 5.46. The highest BCUT2D eigenvalue weighted by molar-refractivity contribution is 6.42. The van der Waals surface area contributed by atoms with Gasteiger partial charge in [0.25, 0.3) is 0 Å². The summed E-state index contributed by atoms with van der Waals surface area (Å²) in [7, 11) is 0. The SMILES string of the molecule is NNC(c1cccc(Cl)c1Cl)c1coc2ccccc12. The topological polar surface area (TPSA) is 51.2 Å². The zero-order valence-corrected chi connectivity index (χ0v) is 11.9. The Hall–Kier alpha value is -1.52. The maximum Gasteiger partial charge on any atom is 0.134 e. The van der Waals surface area contributed by atoms with Crippen LogP contribution in [0.25, 0.3) is 11.0 Å². The molecule has 3 nitrogen and oxygen atoms in total. The van der Waals surface area contributed by atoms with E-state index in [-0.39, 0.29) is 6.04 Å². The van der Waals surface area contributed by atoms with E-state index >= 15 is 0 Å². The van der Waals surface area contributed by atoms with Crippen molar-refractivity contribution in [1.29, 1.82) is 0 Å². The molecule has 0 aliphatic carbocycles. The van der Waals surface area contributed by atoms with E-state index in [0.29, 0.717) is 10.0 Å². The molecule has 20 heavy (non-hydrogen) atoms.